The molecule has 1 heterocycles. The van der Waals surface area contributed by atoms with E-state index in [1.165, 1.54) is 7.05 Å². The highest BCUT2D eigenvalue weighted by Gasteiger charge is 2.32. The third kappa shape index (κ3) is 5.57. The number of rotatable bonds is 4. The Morgan fingerprint density at radius 2 is 1.77 bits per heavy atom. The van der Waals surface area contributed by atoms with E-state index < -0.39 is 62.4 Å². The van der Waals surface area contributed by atoms with Crippen LogP contribution in [0.3, 0.4) is 0 Å². The first-order chi connectivity index (χ1) is 13.9. The van der Waals surface area contributed by atoms with Crippen LogP contribution in [0.15, 0.2) is 29.3 Å². The minimum atomic E-state index is -4.73. The van der Waals surface area contributed by atoms with Crippen molar-refractivity contribution >= 4 is 41.4 Å². The minimum Gasteiger partial charge on any atom is -0.355 e. The molecule has 0 saturated carbocycles. The highest BCUT2D eigenvalue weighted by molar-refractivity contribution is 7.98. The highest BCUT2D eigenvalue weighted by atomic mass is 35.5. The number of halogens is 6. The monoisotopic (exact) mass is 468 g/mol. The van der Waals surface area contributed by atoms with E-state index >= 15 is 0 Å². The Labute approximate surface area is 174 Å². The van der Waals surface area contributed by atoms with E-state index in [1.807, 2.05) is 4.72 Å². The van der Waals surface area contributed by atoms with Gasteiger partial charge in [-0.15, -0.1) is 0 Å². The summed E-state index contributed by atoms with van der Waals surface area (Å²) >= 11 is 5.87. The summed E-state index contributed by atoms with van der Waals surface area (Å²) in [6.45, 7) is 0. The maximum Gasteiger partial charge on any atom is 0.417 e. The molecule has 30 heavy (non-hydrogen) atoms. The summed E-state index contributed by atoms with van der Waals surface area (Å²) < 4.78 is 67.1. The van der Waals surface area contributed by atoms with Crippen LogP contribution in [-0.2, 0) is 6.18 Å². The number of nitrogens with one attached hydrogen (secondary N) is 3. The number of carbonyl (C=O) groups is 3. The quantitative estimate of drug-likeness (QED) is 0.471. The molecule has 3 N–H and O–H groups in total. The molecule has 0 fully saturated rings. The zero-order valence-electron chi connectivity index (χ0n) is 14.7. The molecule has 0 bridgehead atoms. The third-order valence-corrected chi connectivity index (χ3v) is 4.53. The molecule has 1 aromatic carbocycles. The normalized spacial score (nSPS) is 11.0. The number of hydrogen-bond acceptors (Lipinski definition) is 5. The van der Waals surface area contributed by atoms with Crippen LogP contribution in [0.5, 0.6) is 0 Å². The summed E-state index contributed by atoms with van der Waals surface area (Å²) in [5, 5.41) is 3.23. The predicted molar refractivity (Wildman–Crippen MR) is 95.9 cm³/mol. The molecule has 0 spiro atoms. The van der Waals surface area contributed by atoms with Crippen molar-refractivity contribution in [2.75, 3.05) is 7.05 Å². The zero-order chi connectivity index (χ0) is 22.6. The van der Waals surface area contributed by atoms with Crippen molar-refractivity contribution in [3.8, 4) is 0 Å². The summed E-state index contributed by atoms with van der Waals surface area (Å²) in [7, 11) is 1.22. The molecular weight excluding hydrogens is 459 g/mol. The van der Waals surface area contributed by atoms with Gasteiger partial charge in [0.15, 0.2) is 0 Å². The Hall–Kier alpha value is -2.93. The van der Waals surface area contributed by atoms with Crippen molar-refractivity contribution in [3.05, 3.63) is 57.9 Å². The molecule has 0 aliphatic rings. The van der Waals surface area contributed by atoms with Gasteiger partial charge in [-0.3, -0.25) is 19.6 Å². The van der Waals surface area contributed by atoms with Crippen molar-refractivity contribution in [2.24, 2.45) is 0 Å². The molecule has 14 heteroatoms. The molecule has 1 aromatic heterocycles. The van der Waals surface area contributed by atoms with Crippen molar-refractivity contribution in [2.45, 2.75) is 11.1 Å². The first-order valence-corrected chi connectivity index (χ1v) is 8.85. The third-order valence-electron chi connectivity index (χ3n) is 3.34. The topological polar surface area (TPSA) is 100 Å². The van der Waals surface area contributed by atoms with Crippen LogP contribution in [0.25, 0.3) is 0 Å². The lowest BCUT2D eigenvalue weighted by Gasteiger charge is -2.11. The van der Waals surface area contributed by atoms with Gasteiger partial charge in [0.05, 0.1) is 21.0 Å². The standard InChI is InChI=1S/C16H10ClF5N4O3S/c1-23-13(27)8-3-7(18)4-10(19)12(8)30-26-15(29)25-14(28)11-9(17)2-6(5-24-11)16(20,21)22/h2-5H,1H3,(H,23,27)(H2,25,26,28,29). The van der Waals surface area contributed by atoms with Gasteiger partial charge >= 0.3 is 12.2 Å². The van der Waals surface area contributed by atoms with Crippen molar-refractivity contribution in [1.82, 2.24) is 20.3 Å². The van der Waals surface area contributed by atoms with Gasteiger partial charge in [-0.1, -0.05) is 11.6 Å². The highest BCUT2D eigenvalue weighted by Crippen LogP contribution is 2.31. The number of benzene rings is 1. The molecule has 0 aliphatic carbocycles. The van der Waals surface area contributed by atoms with Gasteiger partial charge in [-0.2, -0.15) is 13.2 Å². The molecule has 0 atom stereocenters. The molecule has 0 saturated heterocycles. The summed E-state index contributed by atoms with van der Waals surface area (Å²) in [6.07, 6.45) is -4.38. The number of carbonyl (C=O) groups excluding carboxylic acids is 3. The molecule has 4 amide bonds. The number of nitrogens with zero attached hydrogens (tertiary/aromatic N) is 1. The van der Waals surface area contributed by atoms with E-state index in [9.17, 15) is 36.3 Å². The summed E-state index contributed by atoms with van der Waals surface area (Å²) in [5.41, 5.74) is -2.28. The first-order valence-electron chi connectivity index (χ1n) is 7.66. The molecule has 7 nitrogen and oxygen atoms in total. The molecule has 2 rings (SSSR count). The fourth-order valence-electron chi connectivity index (χ4n) is 2.01. The fraction of sp³-hybridized carbons (Fsp3) is 0.125. The van der Waals surface area contributed by atoms with Crippen LogP contribution in [0, 0.1) is 11.6 Å². The van der Waals surface area contributed by atoms with Gasteiger partial charge in [0.25, 0.3) is 11.8 Å². The number of amides is 4. The van der Waals surface area contributed by atoms with E-state index in [1.54, 1.807) is 5.32 Å². The van der Waals surface area contributed by atoms with Crippen LogP contribution in [-0.4, -0.2) is 29.9 Å². The Kier molecular flexibility index (Phi) is 7.21. The molecule has 160 valence electrons. The molecule has 0 radical (unpaired) electrons. The maximum absolute atomic E-state index is 14.0. The lowest BCUT2D eigenvalue weighted by molar-refractivity contribution is -0.137. The van der Waals surface area contributed by atoms with Crippen LogP contribution in [0.4, 0.5) is 26.7 Å². The SMILES string of the molecule is CNC(=O)c1cc(F)cc(F)c1SNC(=O)NC(=O)c1ncc(C(F)(F)F)cc1Cl. The second-order valence-corrected chi connectivity index (χ2v) is 6.61. The predicted octanol–water partition coefficient (Wildman–Crippen LogP) is 3.54. The molecule has 0 unspecified atom stereocenters. The van der Waals surface area contributed by atoms with E-state index in [-0.39, 0.29) is 11.9 Å². The van der Waals surface area contributed by atoms with E-state index in [4.69, 9.17) is 11.6 Å². The number of pyridine rings is 1. The molecular formula is C16H10ClF5N4O3S. The van der Waals surface area contributed by atoms with Crippen LogP contribution >= 0.6 is 23.5 Å². The van der Waals surface area contributed by atoms with Gasteiger partial charge in [0.2, 0.25) is 0 Å². The Morgan fingerprint density at radius 3 is 2.33 bits per heavy atom. The van der Waals surface area contributed by atoms with E-state index in [0.717, 1.165) is 6.07 Å². The van der Waals surface area contributed by atoms with Crippen molar-refractivity contribution in [3.63, 3.8) is 0 Å². The number of imide groups is 1. The number of aromatic nitrogens is 1. The van der Waals surface area contributed by atoms with Gasteiger partial charge in [-0.25, -0.2) is 18.6 Å². The number of hydrogen-bond donors (Lipinski definition) is 3. The smallest absolute Gasteiger partial charge is 0.355 e. The molecule has 2 aromatic rings. The Morgan fingerprint density at radius 1 is 1.10 bits per heavy atom. The van der Waals surface area contributed by atoms with Gasteiger partial charge in [-0.05, 0) is 24.1 Å². The second kappa shape index (κ2) is 9.26. The van der Waals surface area contributed by atoms with Gasteiger partial charge in [0, 0.05) is 19.3 Å². The Balaban J connectivity index is 2.11. The summed E-state index contributed by atoms with van der Waals surface area (Å²) in [6, 6.07) is 0.445. The molecule has 0 aliphatic heterocycles. The van der Waals surface area contributed by atoms with Gasteiger partial charge < -0.3 is 5.32 Å². The van der Waals surface area contributed by atoms with Crippen molar-refractivity contribution in [1.29, 1.82) is 0 Å². The average Bonchev–Trinajstić information content (AvgIpc) is 2.65. The maximum atomic E-state index is 14.0. The van der Waals surface area contributed by atoms with E-state index in [0.29, 0.717) is 18.3 Å². The van der Waals surface area contributed by atoms with Crippen molar-refractivity contribution < 1.29 is 36.3 Å². The van der Waals surface area contributed by atoms with Crippen LogP contribution in [0.2, 0.25) is 5.02 Å². The first kappa shape index (κ1) is 23.3. The number of urea groups is 1. The average molecular weight is 469 g/mol. The van der Waals surface area contributed by atoms with E-state index in [2.05, 4.69) is 10.3 Å². The summed E-state index contributed by atoms with van der Waals surface area (Å²) in [5.74, 6) is -4.26. The van der Waals surface area contributed by atoms with Gasteiger partial charge in [0.1, 0.15) is 17.3 Å². The number of alkyl halides is 3. The largest absolute Gasteiger partial charge is 0.417 e. The zero-order valence-corrected chi connectivity index (χ0v) is 16.2. The Bertz CT molecular complexity index is 1020. The lowest BCUT2D eigenvalue weighted by atomic mass is 10.2. The van der Waals surface area contributed by atoms with Crippen LogP contribution in [0.1, 0.15) is 26.4 Å². The minimum absolute atomic E-state index is 0.262. The van der Waals surface area contributed by atoms with Crippen LogP contribution < -0.4 is 15.4 Å². The fourth-order valence-corrected chi connectivity index (χ4v) is 2.93. The second-order valence-electron chi connectivity index (χ2n) is 5.38. The summed E-state index contributed by atoms with van der Waals surface area (Å²) in [4.78, 5) is 38.4. The lowest BCUT2D eigenvalue weighted by Crippen LogP contribution is -2.37.